The van der Waals surface area contributed by atoms with Gasteiger partial charge in [0.2, 0.25) is 0 Å². The van der Waals surface area contributed by atoms with Gasteiger partial charge in [-0.3, -0.25) is 14.2 Å². The molecule has 6 nitrogen and oxygen atoms in total. The third-order valence-electron chi connectivity index (χ3n) is 4.02. The molecule has 0 unspecified atom stereocenters. The quantitative estimate of drug-likeness (QED) is 0.732. The largest absolute Gasteiger partial charge is 0.497 e. The van der Waals surface area contributed by atoms with Crippen LogP contribution in [0.5, 0.6) is 5.75 Å². The highest BCUT2D eigenvalue weighted by atomic mass is 32.1. The lowest BCUT2D eigenvalue weighted by Crippen LogP contribution is -2.26. The Morgan fingerprint density at radius 3 is 2.88 bits per heavy atom. The second kappa shape index (κ2) is 7.06. The molecule has 0 bridgehead atoms. The Hall–Kier alpha value is -2.67. The minimum Gasteiger partial charge on any atom is -0.497 e. The van der Waals surface area contributed by atoms with Crippen molar-refractivity contribution in [3.63, 3.8) is 0 Å². The van der Waals surface area contributed by atoms with Gasteiger partial charge in [-0.15, -0.1) is 11.3 Å². The molecule has 2 aromatic heterocycles. The maximum Gasteiger partial charge on any atom is 0.305 e. The van der Waals surface area contributed by atoms with Crippen LogP contribution in [0, 0.1) is 0 Å². The number of carboxylic acid groups (broad SMARTS) is 1. The first-order chi connectivity index (χ1) is 12.0. The Labute approximate surface area is 148 Å². The normalized spacial score (nSPS) is 11.0. The number of aromatic nitrogens is 2. The lowest BCUT2D eigenvalue weighted by atomic mass is 10.1. The Kier molecular flexibility index (Phi) is 4.85. The van der Waals surface area contributed by atoms with Crippen LogP contribution in [0.15, 0.2) is 34.4 Å². The summed E-state index contributed by atoms with van der Waals surface area (Å²) in [4.78, 5) is 29.2. The van der Waals surface area contributed by atoms with Gasteiger partial charge in [-0.1, -0.05) is 19.1 Å². The van der Waals surface area contributed by atoms with Crippen molar-refractivity contribution in [1.29, 1.82) is 0 Å². The van der Waals surface area contributed by atoms with Crippen molar-refractivity contribution >= 4 is 27.5 Å². The number of nitrogens with zero attached hydrogens (tertiary/aromatic N) is 2. The molecular weight excluding hydrogens is 340 g/mol. The van der Waals surface area contributed by atoms with Crippen molar-refractivity contribution in [3.05, 3.63) is 45.8 Å². The average molecular weight is 358 g/mol. The SMILES string of the molecule is CCc1nc2scc(-c3cccc(OC)c3)c2c(=O)n1CCC(=O)O. The fourth-order valence-corrected chi connectivity index (χ4v) is 3.73. The van der Waals surface area contributed by atoms with Gasteiger partial charge in [0.15, 0.2) is 0 Å². The summed E-state index contributed by atoms with van der Waals surface area (Å²) in [5, 5.41) is 11.4. The van der Waals surface area contributed by atoms with Crippen LogP contribution in [-0.4, -0.2) is 27.7 Å². The minimum absolute atomic E-state index is 0.112. The van der Waals surface area contributed by atoms with Gasteiger partial charge >= 0.3 is 5.97 Å². The fraction of sp³-hybridized carbons (Fsp3) is 0.278. The summed E-state index contributed by atoms with van der Waals surface area (Å²) < 4.78 is 6.74. The van der Waals surface area contributed by atoms with Gasteiger partial charge in [0, 0.05) is 23.9 Å². The van der Waals surface area contributed by atoms with Gasteiger partial charge < -0.3 is 9.84 Å². The van der Waals surface area contributed by atoms with Gasteiger partial charge in [-0.25, -0.2) is 4.98 Å². The number of carbonyl (C=O) groups is 1. The molecule has 0 radical (unpaired) electrons. The molecule has 0 spiro atoms. The van der Waals surface area contributed by atoms with E-state index in [2.05, 4.69) is 4.98 Å². The molecule has 0 fully saturated rings. The Balaban J connectivity index is 2.20. The molecule has 3 rings (SSSR count). The second-order valence-corrected chi connectivity index (χ2v) is 6.40. The summed E-state index contributed by atoms with van der Waals surface area (Å²) in [6.07, 6.45) is 0.454. The van der Waals surface area contributed by atoms with E-state index in [1.54, 1.807) is 7.11 Å². The van der Waals surface area contributed by atoms with Crippen molar-refractivity contribution in [1.82, 2.24) is 9.55 Å². The zero-order chi connectivity index (χ0) is 18.0. The second-order valence-electron chi connectivity index (χ2n) is 5.54. The number of hydrogen-bond donors (Lipinski definition) is 1. The summed E-state index contributed by atoms with van der Waals surface area (Å²) in [6, 6.07) is 7.50. The molecule has 3 aromatic rings. The molecule has 0 saturated carbocycles. The van der Waals surface area contributed by atoms with Gasteiger partial charge in [0.1, 0.15) is 16.4 Å². The lowest BCUT2D eigenvalue weighted by Gasteiger charge is -2.10. The van der Waals surface area contributed by atoms with E-state index in [0.29, 0.717) is 28.2 Å². The number of benzene rings is 1. The first-order valence-electron chi connectivity index (χ1n) is 7.92. The number of thiophene rings is 1. The summed E-state index contributed by atoms with van der Waals surface area (Å²) in [7, 11) is 1.60. The molecule has 0 aliphatic carbocycles. The topological polar surface area (TPSA) is 81.4 Å². The molecule has 0 amide bonds. The lowest BCUT2D eigenvalue weighted by molar-refractivity contribution is -0.137. The van der Waals surface area contributed by atoms with Crippen LogP contribution in [0.1, 0.15) is 19.2 Å². The van der Waals surface area contributed by atoms with E-state index >= 15 is 0 Å². The predicted molar refractivity (Wildman–Crippen MR) is 97.5 cm³/mol. The molecule has 2 heterocycles. The van der Waals surface area contributed by atoms with Crippen molar-refractivity contribution in [2.45, 2.75) is 26.3 Å². The number of rotatable bonds is 6. The molecule has 7 heteroatoms. The van der Waals surface area contributed by atoms with E-state index in [-0.39, 0.29) is 18.5 Å². The van der Waals surface area contributed by atoms with E-state index in [9.17, 15) is 9.59 Å². The highest BCUT2D eigenvalue weighted by Gasteiger charge is 2.17. The highest BCUT2D eigenvalue weighted by Crippen LogP contribution is 2.32. The number of aryl methyl sites for hydroxylation is 1. The van der Waals surface area contributed by atoms with E-state index in [4.69, 9.17) is 9.84 Å². The number of methoxy groups -OCH3 is 1. The Morgan fingerprint density at radius 1 is 1.40 bits per heavy atom. The van der Waals surface area contributed by atoms with Gasteiger partial charge in [0.05, 0.1) is 18.9 Å². The highest BCUT2D eigenvalue weighted by molar-refractivity contribution is 7.17. The molecule has 1 N–H and O–H groups in total. The molecular formula is C18H18N2O4S. The molecule has 25 heavy (non-hydrogen) atoms. The first kappa shape index (κ1) is 17.2. The predicted octanol–water partition coefficient (Wildman–Crippen LogP) is 3.17. The average Bonchev–Trinajstić information content (AvgIpc) is 3.04. The monoisotopic (exact) mass is 358 g/mol. The smallest absolute Gasteiger partial charge is 0.305 e. The third kappa shape index (κ3) is 3.28. The Bertz CT molecular complexity index is 990. The minimum atomic E-state index is -0.938. The van der Waals surface area contributed by atoms with Crippen molar-refractivity contribution in [3.8, 4) is 16.9 Å². The third-order valence-corrected chi connectivity index (χ3v) is 4.89. The van der Waals surface area contributed by atoms with Crippen LogP contribution in [0.2, 0.25) is 0 Å². The number of aliphatic carboxylic acids is 1. The molecule has 1 aromatic carbocycles. The number of ether oxygens (including phenoxy) is 1. The Morgan fingerprint density at radius 2 is 2.20 bits per heavy atom. The van der Waals surface area contributed by atoms with Gasteiger partial charge in [-0.2, -0.15) is 0 Å². The van der Waals surface area contributed by atoms with Crippen LogP contribution in [0.4, 0.5) is 0 Å². The molecule has 0 saturated heterocycles. The standard InChI is InChI=1S/C18H18N2O4S/c1-3-14-19-17-16(18(23)20(14)8-7-15(21)22)13(10-25-17)11-5-4-6-12(9-11)24-2/h4-6,9-10H,3,7-8H2,1-2H3,(H,21,22). The van der Waals surface area contributed by atoms with E-state index in [0.717, 1.165) is 11.1 Å². The van der Waals surface area contributed by atoms with Crippen LogP contribution in [0.3, 0.4) is 0 Å². The van der Waals surface area contributed by atoms with Crippen molar-refractivity contribution in [2.24, 2.45) is 0 Å². The molecule has 130 valence electrons. The number of hydrogen-bond acceptors (Lipinski definition) is 5. The van der Waals surface area contributed by atoms with Crippen molar-refractivity contribution in [2.75, 3.05) is 7.11 Å². The van der Waals surface area contributed by atoms with Crippen LogP contribution >= 0.6 is 11.3 Å². The van der Waals surface area contributed by atoms with Gasteiger partial charge in [-0.05, 0) is 17.7 Å². The summed E-state index contributed by atoms with van der Waals surface area (Å²) >= 11 is 1.42. The zero-order valence-corrected chi connectivity index (χ0v) is 14.8. The zero-order valence-electron chi connectivity index (χ0n) is 14.0. The van der Waals surface area contributed by atoms with Gasteiger partial charge in [0.25, 0.3) is 5.56 Å². The van der Waals surface area contributed by atoms with Crippen molar-refractivity contribution < 1.29 is 14.6 Å². The van der Waals surface area contributed by atoms with Crippen LogP contribution in [0.25, 0.3) is 21.3 Å². The number of fused-ring (bicyclic) bond motifs is 1. The maximum atomic E-state index is 13.0. The molecule has 0 aliphatic rings. The number of carboxylic acids is 1. The molecule has 0 aliphatic heterocycles. The van der Waals surface area contributed by atoms with Crippen LogP contribution in [-0.2, 0) is 17.8 Å². The summed E-state index contributed by atoms with van der Waals surface area (Å²) in [6.45, 7) is 2.02. The fourth-order valence-electron chi connectivity index (χ4n) is 2.78. The summed E-state index contributed by atoms with van der Waals surface area (Å²) in [5.41, 5.74) is 1.48. The van der Waals surface area contributed by atoms with E-state index in [1.165, 1.54) is 15.9 Å². The summed E-state index contributed by atoms with van der Waals surface area (Å²) in [5.74, 6) is 0.381. The maximum absolute atomic E-state index is 13.0. The molecule has 0 atom stereocenters. The van der Waals surface area contributed by atoms with E-state index < -0.39 is 5.97 Å². The van der Waals surface area contributed by atoms with Crippen LogP contribution < -0.4 is 10.3 Å². The van der Waals surface area contributed by atoms with E-state index in [1.807, 2.05) is 36.6 Å². The first-order valence-corrected chi connectivity index (χ1v) is 8.80.